The zero-order valence-corrected chi connectivity index (χ0v) is 15.8. The summed E-state index contributed by atoms with van der Waals surface area (Å²) in [6.45, 7) is 2.46. The topological polar surface area (TPSA) is 76.7 Å². The molecule has 144 valence electrons. The maximum atomic E-state index is 13.1. The van der Waals surface area contributed by atoms with Crippen LogP contribution >= 0.6 is 0 Å². The highest BCUT2D eigenvalue weighted by molar-refractivity contribution is 6.02. The van der Waals surface area contributed by atoms with E-state index in [0.29, 0.717) is 40.1 Å². The molecule has 0 fully saturated rings. The van der Waals surface area contributed by atoms with Crippen LogP contribution in [0.1, 0.15) is 12.5 Å². The zero-order chi connectivity index (χ0) is 20.2. The van der Waals surface area contributed by atoms with Crippen LogP contribution in [-0.4, -0.2) is 27.5 Å². The Morgan fingerprint density at radius 1 is 1.07 bits per heavy atom. The van der Waals surface area contributed by atoms with E-state index in [1.807, 2.05) is 19.1 Å². The maximum absolute atomic E-state index is 13.1. The normalized spacial score (nSPS) is 11.2. The molecular weight excluding hydrogens is 366 g/mol. The predicted octanol–water partition coefficient (Wildman–Crippen LogP) is 4.24. The van der Waals surface area contributed by atoms with E-state index in [4.69, 9.17) is 4.74 Å². The SMILES string of the molecule is CCOc1ccc(-n2c(O)c(C=Nc3cccnc3)c3ccccc3c2=O)cc1. The van der Waals surface area contributed by atoms with Gasteiger partial charge in [-0.2, -0.15) is 0 Å². The van der Waals surface area contributed by atoms with Crippen molar-refractivity contribution in [1.29, 1.82) is 0 Å². The fourth-order valence-electron chi connectivity index (χ4n) is 3.16. The summed E-state index contributed by atoms with van der Waals surface area (Å²) in [5.74, 6) is 0.522. The molecule has 2 aromatic heterocycles. The molecular formula is C23H19N3O3. The van der Waals surface area contributed by atoms with E-state index in [1.54, 1.807) is 67.1 Å². The summed E-state index contributed by atoms with van der Waals surface area (Å²) < 4.78 is 6.74. The molecule has 0 unspecified atom stereocenters. The summed E-state index contributed by atoms with van der Waals surface area (Å²) >= 11 is 0. The predicted molar refractivity (Wildman–Crippen MR) is 114 cm³/mol. The van der Waals surface area contributed by atoms with Gasteiger partial charge in [0.15, 0.2) is 0 Å². The lowest BCUT2D eigenvalue weighted by Gasteiger charge is -2.14. The summed E-state index contributed by atoms with van der Waals surface area (Å²) in [6.07, 6.45) is 4.84. The molecule has 29 heavy (non-hydrogen) atoms. The van der Waals surface area contributed by atoms with Crippen LogP contribution in [0.25, 0.3) is 16.5 Å². The monoisotopic (exact) mass is 385 g/mol. The Hall–Kier alpha value is -3.93. The molecule has 0 bridgehead atoms. The average Bonchev–Trinajstić information content (AvgIpc) is 2.76. The first-order chi connectivity index (χ1) is 14.2. The number of hydrogen-bond acceptors (Lipinski definition) is 5. The second kappa shape index (κ2) is 7.98. The summed E-state index contributed by atoms with van der Waals surface area (Å²) in [4.78, 5) is 21.6. The van der Waals surface area contributed by atoms with Gasteiger partial charge in [-0.3, -0.25) is 14.8 Å². The van der Waals surface area contributed by atoms with Gasteiger partial charge in [-0.1, -0.05) is 18.2 Å². The van der Waals surface area contributed by atoms with E-state index < -0.39 is 0 Å². The molecule has 0 saturated carbocycles. The molecule has 0 amide bonds. The van der Waals surface area contributed by atoms with Gasteiger partial charge >= 0.3 is 0 Å². The standard InChI is InChI=1S/C23H19N3O3/c1-2-29-18-11-9-17(10-12-18)26-22(27)20-8-4-3-7-19(20)21(23(26)28)15-25-16-6-5-13-24-14-16/h3-15,28H,2H2,1H3. The lowest BCUT2D eigenvalue weighted by Crippen LogP contribution is -2.20. The Labute approximate surface area is 167 Å². The molecule has 0 spiro atoms. The highest BCUT2D eigenvalue weighted by atomic mass is 16.5. The smallest absolute Gasteiger partial charge is 0.265 e. The van der Waals surface area contributed by atoms with Crippen molar-refractivity contribution in [2.24, 2.45) is 4.99 Å². The van der Waals surface area contributed by atoms with Crippen molar-refractivity contribution in [2.75, 3.05) is 6.61 Å². The van der Waals surface area contributed by atoms with E-state index in [9.17, 15) is 9.90 Å². The van der Waals surface area contributed by atoms with Crippen molar-refractivity contribution in [3.05, 3.63) is 89.0 Å². The van der Waals surface area contributed by atoms with Crippen molar-refractivity contribution < 1.29 is 9.84 Å². The molecule has 2 heterocycles. The van der Waals surface area contributed by atoms with Gasteiger partial charge in [-0.15, -0.1) is 0 Å². The molecule has 0 atom stereocenters. The second-order valence-corrected chi connectivity index (χ2v) is 6.32. The second-order valence-electron chi connectivity index (χ2n) is 6.32. The molecule has 0 aliphatic carbocycles. The van der Waals surface area contributed by atoms with Crippen LogP contribution in [0, 0.1) is 0 Å². The lowest BCUT2D eigenvalue weighted by atomic mass is 10.1. The largest absolute Gasteiger partial charge is 0.494 e. The van der Waals surface area contributed by atoms with Crippen LogP contribution in [0.5, 0.6) is 11.6 Å². The van der Waals surface area contributed by atoms with E-state index in [-0.39, 0.29) is 11.4 Å². The highest BCUT2D eigenvalue weighted by Gasteiger charge is 2.16. The number of benzene rings is 2. The quantitative estimate of drug-likeness (QED) is 0.521. The van der Waals surface area contributed by atoms with Crippen molar-refractivity contribution in [2.45, 2.75) is 6.92 Å². The Morgan fingerprint density at radius 2 is 1.83 bits per heavy atom. The first-order valence-electron chi connectivity index (χ1n) is 9.23. The van der Waals surface area contributed by atoms with Crippen molar-refractivity contribution in [1.82, 2.24) is 9.55 Å². The summed E-state index contributed by atoms with van der Waals surface area (Å²) in [7, 11) is 0. The Balaban J connectivity index is 1.91. The van der Waals surface area contributed by atoms with Crippen molar-refractivity contribution in [3.8, 4) is 17.3 Å². The third-order valence-electron chi connectivity index (χ3n) is 4.50. The molecule has 2 aromatic carbocycles. The van der Waals surface area contributed by atoms with Gasteiger partial charge in [0.2, 0.25) is 5.88 Å². The maximum Gasteiger partial charge on any atom is 0.265 e. The molecule has 6 heteroatoms. The molecule has 0 aliphatic rings. The molecule has 0 aliphatic heterocycles. The van der Waals surface area contributed by atoms with Crippen LogP contribution in [0.2, 0.25) is 0 Å². The molecule has 1 N–H and O–H groups in total. The van der Waals surface area contributed by atoms with Gasteiger partial charge in [0, 0.05) is 23.2 Å². The fourth-order valence-corrected chi connectivity index (χ4v) is 3.16. The van der Waals surface area contributed by atoms with Crippen LogP contribution in [0.3, 0.4) is 0 Å². The van der Waals surface area contributed by atoms with E-state index in [2.05, 4.69) is 9.98 Å². The number of aromatic nitrogens is 2. The van der Waals surface area contributed by atoms with E-state index >= 15 is 0 Å². The highest BCUT2D eigenvalue weighted by Crippen LogP contribution is 2.27. The minimum Gasteiger partial charge on any atom is -0.494 e. The van der Waals surface area contributed by atoms with Gasteiger partial charge in [0.25, 0.3) is 5.56 Å². The average molecular weight is 385 g/mol. The lowest BCUT2D eigenvalue weighted by molar-refractivity contribution is 0.340. The molecule has 0 saturated heterocycles. The van der Waals surface area contributed by atoms with E-state index in [0.717, 1.165) is 0 Å². The zero-order valence-electron chi connectivity index (χ0n) is 15.8. The van der Waals surface area contributed by atoms with Gasteiger partial charge in [0.1, 0.15) is 5.75 Å². The first kappa shape index (κ1) is 18.4. The van der Waals surface area contributed by atoms with Gasteiger partial charge in [-0.05, 0) is 49.4 Å². The number of pyridine rings is 2. The van der Waals surface area contributed by atoms with Crippen LogP contribution in [0.4, 0.5) is 5.69 Å². The van der Waals surface area contributed by atoms with Crippen LogP contribution < -0.4 is 10.3 Å². The number of fused-ring (bicyclic) bond motifs is 1. The number of aromatic hydroxyl groups is 1. The molecule has 6 nitrogen and oxygen atoms in total. The number of nitrogens with zero attached hydrogens (tertiary/aromatic N) is 3. The van der Waals surface area contributed by atoms with Gasteiger partial charge in [-0.25, -0.2) is 4.57 Å². The van der Waals surface area contributed by atoms with Gasteiger partial charge in [0.05, 0.1) is 29.7 Å². The van der Waals surface area contributed by atoms with E-state index in [1.165, 1.54) is 4.57 Å². The third kappa shape index (κ3) is 3.60. The summed E-state index contributed by atoms with van der Waals surface area (Å²) in [5, 5.41) is 12.1. The van der Waals surface area contributed by atoms with Crippen LogP contribution in [0.15, 0.2) is 82.8 Å². The molecule has 4 aromatic rings. The number of rotatable bonds is 5. The minimum absolute atomic E-state index is 0.175. The minimum atomic E-state index is -0.305. The summed E-state index contributed by atoms with van der Waals surface area (Å²) in [6, 6.07) is 17.8. The van der Waals surface area contributed by atoms with Crippen molar-refractivity contribution >= 4 is 22.7 Å². The van der Waals surface area contributed by atoms with Gasteiger partial charge < -0.3 is 9.84 Å². The third-order valence-corrected chi connectivity index (χ3v) is 4.50. The Kier molecular flexibility index (Phi) is 5.07. The Morgan fingerprint density at radius 3 is 2.52 bits per heavy atom. The molecule has 4 rings (SSSR count). The number of hydrogen-bond donors (Lipinski definition) is 1. The molecule has 0 radical (unpaired) electrons. The fraction of sp³-hybridized carbons (Fsp3) is 0.0870. The first-order valence-corrected chi connectivity index (χ1v) is 9.23. The summed E-state index contributed by atoms with van der Waals surface area (Å²) in [5.41, 5.74) is 1.34. The Bertz CT molecular complexity index is 1230. The van der Waals surface area contributed by atoms with Crippen LogP contribution in [-0.2, 0) is 0 Å². The number of ether oxygens (including phenoxy) is 1. The number of aliphatic imine (C=N–C) groups is 1. The van der Waals surface area contributed by atoms with Crippen molar-refractivity contribution in [3.63, 3.8) is 0 Å².